The van der Waals surface area contributed by atoms with Crippen LogP contribution < -0.4 is 0 Å². The van der Waals surface area contributed by atoms with Gasteiger partial charge in [0.15, 0.2) is 34.9 Å². The van der Waals surface area contributed by atoms with Crippen LogP contribution in [0.5, 0.6) is 0 Å². The summed E-state index contributed by atoms with van der Waals surface area (Å²) in [6, 6.07) is 90.6. The molecule has 0 aliphatic carbocycles. The maximum atomic E-state index is 4.68. The molecule has 12 nitrogen and oxygen atoms in total. The van der Waals surface area contributed by atoms with Gasteiger partial charge in [0.25, 0.3) is 0 Å². The highest BCUT2D eigenvalue weighted by molar-refractivity contribution is 5.66. The highest BCUT2D eigenvalue weighted by Crippen LogP contribution is 2.25. The molecule has 0 aliphatic rings. The van der Waals surface area contributed by atoms with Crippen molar-refractivity contribution in [1.29, 1.82) is 0 Å². The van der Waals surface area contributed by atoms with E-state index in [4.69, 9.17) is 0 Å². The molecule has 0 amide bonds. The third-order valence-electron chi connectivity index (χ3n) is 12.2. The standard InChI is InChI=1S/C21H15N3.C16H13N3.C11H11N3.3C7H8.C6H9N3.9C2H6/c1-4-10-16(11-5-1)19-22-20(17-12-6-2-7-13-17)24-21(23-19)18-14-8-3-9-15-18;1-12-17-15(13-8-4-2-5-9-13)19-16(18-12)14-10-6-3-7-11-14;1-8-12-9(2)14-11(13-8)10-6-4-3-5-7-10;3*1-7-5-3-2-4-6-7;1-4-7-5(2)9-6(3)8-4;9*1-2/h1-15H;2-11H,1H3;3-7H,1-2H3;3*2-6H,1H3;1-3H3;9*1-2H3. The minimum absolute atomic E-state index is 0.684. The van der Waals surface area contributed by atoms with Crippen molar-refractivity contribution in [2.45, 2.75) is 187 Å². The van der Waals surface area contributed by atoms with Gasteiger partial charge in [0.05, 0.1) is 0 Å². The Morgan fingerprint density at radius 2 is 0.229 bits per heavy atom. The third kappa shape index (κ3) is 43.6. The van der Waals surface area contributed by atoms with Crippen LogP contribution in [0.15, 0.2) is 273 Å². The van der Waals surface area contributed by atoms with E-state index in [0.717, 1.165) is 74.2 Å². The zero-order valence-electron chi connectivity index (χ0n) is 68.8. The molecule has 0 atom stereocenters. The Hall–Kier alpha value is -11.0. The van der Waals surface area contributed by atoms with Crippen molar-refractivity contribution in [2.75, 3.05) is 0 Å². The quantitative estimate of drug-likeness (QED) is 0.156. The fourth-order valence-electron chi connectivity index (χ4n) is 8.15. The highest BCUT2D eigenvalue weighted by Gasteiger charge is 2.12. The molecule has 0 bridgehead atoms. The first-order valence-electron chi connectivity index (χ1n) is 37.6. The number of hydrogen-bond acceptors (Lipinski definition) is 12. The maximum absolute atomic E-state index is 4.68. The summed E-state index contributed by atoms with van der Waals surface area (Å²) in [5, 5.41) is 0. The third-order valence-corrected chi connectivity index (χ3v) is 12.2. The van der Waals surface area contributed by atoms with E-state index in [0.29, 0.717) is 29.1 Å². The van der Waals surface area contributed by atoms with Gasteiger partial charge in [-0.15, -0.1) is 0 Å². The Labute approximate surface area is 636 Å². The molecule has 0 fully saturated rings. The minimum Gasteiger partial charge on any atom is -0.219 e. The molecule has 0 saturated heterocycles. The van der Waals surface area contributed by atoms with E-state index in [2.05, 4.69) is 117 Å². The van der Waals surface area contributed by atoms with Gasteiger partial charge in [0, 0.05) is 33.4 Å². The summed E-state index contributed by atoms with van der Waals surface area (Å²) < 4.78 is 0. The second-order valence-electron chi connectivity index (χ2n) is 19.7. The minimum atomic E-state index is 0.684. The van der Waals surface area contributed by atoms with Crippen LogP contribution in [0.1, 0.15) is 176 Å². The average molecular weight is 1410 g/mol. The lowest BCUT2D eigenvalue weighted by Gasteiger charge is -2.08. The molecule has 12 heteroatoms. The number of benzene rings is 9. The van der Waals surface area contributed by atoms with Crippen LogP contribution in [-0.2, 0) is 0 Å². The summed E-state index contributed by atoms with van der Waals surface area (Å²) in [6.45, 7) is 53.5. The average Bonchev–Trinajstić information content (AvgIpc) is 0.810. The zero-order chi connectivity index (χ0) is 79.4. The van der Waals surface area contributed by atoms with Crippen molar-refractivity contribution in [1.82, 2.24) is 59.8 Å². The summed E-state index contributed by atoms with van der Waals surface area (Å²) >= 11 is 0. The summed E-state index contributed by atoms with van der Waals surface area (Å²) in [5.41, 5.74) is 9.95. The van der Waals surface area contributed by atoms with Crippen molar-refractivity contribution in [3.05, 3.63) is 325 Å². The van der Waals surface area contributed by atoms with Gasteiger partial charge >= 0.3 is 0 Å². The first kappa shape index (κ1) is 98.2. The Bertz CT molecular complexity index is 3690. The second-order valence-corrected chi connectivity index (χ2v) is 19.7. The van der Waals surface area contributed by atoms with Gasteiger partial charge in [-0.2, -0.15) is 0 Å². The molecule has 13 aromatic rings. The van der Waals surface area contributed by atoms with Crippen LogP contribution in [0.4, 0.5) is 0 Å². The van der Waals surface area contributed by atoms with E-state index < -0.39 is 0 Å². The van der Waals surface area contributed by atoms with Crippen LogP contribution in [0, 0.1) is 62.3 Å². The Kier molecular flexibility index (Phi) is 62.0. The lowest BCUT2D eigenvalue weighted by Crippen LogP contribution is -1.99. The van der Waals surface area contributed by atoms with Crippen molar-refractivity contribution in [2.24, 2.45) is 0 Å². The largest absolute Gasteiger partial charge is 0.219 e. The van der Waals surface area contributed by atoms with Gasteiger partial charge in [-0.3, -0.25) is 0 Å². The van der Waals surface area contributed by atoms with Gasteiger partial charge < -0.3 is 0 Å². The van der Waals surface area contributed by atoms with Gasteiger partial charge in [-0.25, -0.2) is 59.8 Å². The van der Waals surface area contributed by atoms with Crippen molar-refractivity contribution < 1.29 is 0 Å². The number of hydrogen-bond donors (Lipinski definition) is 0. The molecule has 0 spiro atoms. The number of nitrogens with zero attached hydrogens (tertiary/aromatic N) is 12. The Morgan fingerprint density at radius 3 is 0.362 bits per heavy atom. The molecule has 0 unspecified atom stereocenters. The number of aromatic nitrogens is 12. The molecular weight excluding hydrogens is 1290 g/mol. The van der Waals surface area contributed by atoms with Crippen molar-refractivity contribution in [3.63, 3.8) is 0 Å². The Morgan fingerprint density at radius 1 is 0.124 bits per heavy atom. The first-order chi connectivity index (χ1) is 51.3. The van der Waals surface area contributed by atoms with Gasteiger partial charge in [-0.1, -0.05) is 414 Å². The molecule has 558 valence electrons. The zero-order valence-corrected chi connectivity index (χ0v) is 68.8. The maximum Gasteiger partial charge on any atom is 0.164 e. The SMILES string of the molecule is CC.CC.CC.CC.CC.CC.CC.CC.CC.Cc1ccccc1.Cc1ccccc1.Cc1ccccc1.Cc1nc(-c2ccccc2)nc(-c2ccccc2)n1.Cc1nc(C)nc(-c2ccccc2)n1.Cc1nc(C)nc(C)n1.c1ccc(-c2nc(-c3ccccc3)nc(-c3ccccc3)n2)cc1. The number of aryl methyl sites for hydroxylation is 9. The second kappa shape index (κ2) is 66.3. The molecular formula is C93H126N12. The van der Waals surface area contributed by atoms with Crippen LogP contribution in [0.2, 0.25) is 0 Å². The van der Waals surface area contributed by atoms with E-state index in [9.17, 15) is 0 Å². The number of rotatable bonds is 6. The van der Waals surface area contributed by atoms with E-state index in [-0.39, 0.29) is 0 Å². The smallest absolute Gasteiger partial charge is 0.164 e. The van der Waals surface area contributed by atoms with E-state index in [1.807, 2.05) is 403 Å². The summed E-state index contributed by atoms with van der Waals surface area (Å²) in [5.74, 6) is 8.85. The van der Waals surface area contributed by atoms with Crippen molar-refractivity contribution in [3.8, 4) is 68.3 Å². The normalized spacial score (nSPS) is 8.71. The molecule has 105 heavy (non-hydrogen) atoms. The van der Waals surface area contributed by atoms with Gasteiger partial charge in [-0.05, 0) is 62.3 Å². The van der Waals surface area contributed by atoms with Crippen molar-refractivity contribution >= 4 is 0 Å². The topological polar surface area (TPSA) is 155 Å². The molecule has 13 rings (SSSR count). The van der Waals surface area contributed by atoms with E-state index in [1.54, 1.807) is 0 Å². The monoisotopic (exact) mass is 1410 g/mol. The summed E-state index contributed by atoms with van der Waals surface area (Å²) in [7, 11) is 0. The molecule has 0 saturated carbocycles. The van der Waals surface area contributed by atoms with Crippen LogP contribution in [-0.4, -0.2) is 59.8 Å². The lowest BCUT2D eigenvalue weighted by atomic mass is 10.1. The molecule has 9 aromatic carbocycles. The first-order valence-corrected chi connectivity index (χ1v) is 37.6. The summed E-state index contributed by atoms with van der Waals surface area (Å²) in [4.78, 5) is 52.1. The molecule has 0 radical (unpaired) electrons. The summed E-state index contributed by atoms with van der Waals surface area (Å²) in [6.07, 6.45) is 0. The predicted octanol–water partition coefficient (Wildman–Crippen LogP) is 26.6. The molecule has 0 N–H and O–H groups in total. The van der Waals surface area contributed by atoms with Crippen LogP contribution in [0.3, 0.4) is 0 Å². The van der Waals surface area contributed by atoms with Crippen LogP contribution >= 0.6 is 0 Å². The van der Waals surface area contributed by atoms with Gasteiger partial charge in [0.1, 0.15) is 34.9 Å². The molecule has 4 heterocycles. The van der Waals surface area contributed by atoms with E-state index in [1.165, 1.54) is 16.7 Å². The molecule has 4 aromatic heterocycles. The van der Waals surface area contributed by atoms with E-state index >= 15 is 0 Å². The fourth-order valence-corrected chi connectivity index (χ4v) is 8.15. The highest BCUT2D eigenvalue weighted by atomic mass is 15.0. The lowest BCUT2D eigenvalue weighted by molar-refractivity contribution is 0.875. The Balaban J connectivity index is -0.00000116. The molecule has 0 aliphatic heterocycles. The van der Waals surface area contributed by atoms with Crippen LogP contribution in [0.25, 0.3) is 68.3 Å². The van der Waals surface area contributed by atoms with Gasteiger partial charge in [0.2, 0.25) is 0 Å². The predicted molar refractivity (Wildman–Crippen MR) is 456 cm³/mol. The fraction of sp³-hybridized carbons (Fsp3) is 0.290.